The van der Waals surface area contributed by atoms with E-state index in [2.05, 4.69) is 48.9 Å². The molecule has 0 spiro atoms. The van der Waals surface area contributed by atoms with Gasteiger partial charge in [0.15, 0.2) is 0 Å². The topological polar surface area (TPSA) is 42.2 Å². The Morgan fingerprint density at radius 2 is 1.75 bits per heavy atom. The highest BCUT2D eigenvalue weighted by molar-refractivity contribution is 5.48. The van der Waals surface area contributed by atoms with Crippen molar-refractivity contribution in [1.29, 1.82) is 0 Å². The van der Waals surface area contributed by atoms with E-state index in [1.54, 1.807) is 0 Å². The summed E-state index contributed by atoms with van der Waals surface area (Å²) < 4.78 is 0. The smallest absolute Gasteiger partial charge is 0.131 e. The van der Waals surface area contributed by atoms with Crippen LogP contribution >= 0.6 is 0 Å². The zero-order chi connectivity index (χ0) is 14.5. The summed E-state index contributed by atoms with van der Waals surface area (Å²) >= 11 is 0. The van der Waals surface area contributed by atoms with Gasteiger partial charge in [0.05, 0.1) is 6.04 Å². The highest BCUT2D eigenvalue weighted by atomic mass is 15.2. The van der Waals surface area contributed by atoms with Crippen LogP contribution in [0.2, 0.25) is 0 Å². The largest absolute Gasteiger partial charge is 0.357 e. The first-order valence-corrected chi connectivity index (χ1v) is 7.19. The Kier molecular flexibility index (Phi) is 4.74. The number of aryl methyl sites for hydroxylation is 1. The van der Waals surface area contributed by atoms with E-state index >= 15 is 0 Å². The van der Waals surface area contributed by atoms with E-state index in [9.17, 15) is 0 Å². The highest BCUT2D eigenvalue weighted by Gasteiger charge is 2.13. The van der Waals surface area contributed by atoms with Crippen LogP contribution in [0, 0.1) is 6.92 Å². The third-order valence-corrected chi connectivity index (χ3v) is 3.65. The summed E-state index contributed by atoms with van der Waals surface area (Å²) in [5.74, 6) is 1.05. The molecule has 1 aromatic carbocycles. The number of aromatic nitrogens is 1. The molecular weight excluding hydrogens is 246 g/mol. The molecule has 0 bridgehead atoms. The second-order valence-corrected chi connectivity index (χ2v) is 4.97. The van der Waals surface area contributed by atoms with E-state index in [0.29, 0.717) is 0 Å². The average Bonchev–Trinajstić information content (AvgIpc) is 2.50. The molecule has 3 heteroatoms. The van der Waals surface area contributed by atoms with Crippen molar-refractivity contribution >= 4 is 5.82 Å². The van der Waals surface area contributed by atoms with Gasteiger partial charge in [-0.05, 0) is 43.5 Å². The molecule has 0 saturated carbocycles. The lowest BCUT2D eigenvalue weighted by Gasteiger charge is -2.23. The number of nitrogens with zero attached hydrogens (tertiary/aromatic N) is 2. The van der Waals surface area contributed by atoms with Crippen LogP contribution in [0.1, 0.15) is 36.6 Å². The van der Waals surface area contributed by atoms with Crippen LogP contribution < -0.4 is 10.6 Å². The van der Waals surface area contributed by atoms with Crippen LogP contribution in [-0.2, 0) is 0 Å². The molecule has 3 nitrogen and oxygen atoms in total. The molecular formula is C17H23N3. The normalized spacial score (nSPS) is 12.2. The Bertz CT molecular complexity index is 547. The molecule has 0 fully saturated rings. The van der Waals surface area contributed by atoms with Crippen molar-refractivity contribution in [2.45, 2.75) is 26.8 Å². The molecule has 0 saturated heterocycles. The van der Waals surface area contributed by atoms with Crippen molar-refractivity contribution in [2.24, 2.45) is 5.73 Å². The maximum Gasteiger partial charge on any atom is 0.131 e. The molecule has 0 aliphatic heterocycles. The Balaban J connectivity index is 2.29. The summed E-state index contributed by atoms with van der Waals surface area (Å²) in [5, 5.41) is 0. The Hall–Kier alpha value is -1.87. The van der Waals surface area contributed by atoms with Crippen LogP contribution in [0.5, 0.6) is 0 Å². The van der Waals surface area contributed by atoms with Gasteiger partial charge in [-0.15, -0.1) is 0 Å². The number of nitrogens with two attached hydrogens (primary N) is 1. The van der Waals surface area contributed by atoms with Gasteiger partial charge in [0.2, 0.25) is 0 Å². The highest BCUT2D eigenvalue weighted by Crippen LogP contribution is 2.23. The van der Waals surface area contributed by atoms with Crippen LogP contribution in [0.25, 0.3) is 0 Å². The van der Waals surface area contributed by atoms with Gasteiger partial charge in [-0.25, -0.2) is 4.98 Å². The molecule has 0 aliphatic carbocycles. The molecule has 0 unspecified atom stereocenters. The van der Waals surface area contributed by atoms with E-state index < -0.39 is 0 Å². The molecule has 1 aromatic heterocycles. The van der Waals surface area contributed by atoms with Crippen molar-refractivity contribution < 1.29 is 0 Å². The number of benzene rings is 1. The van der Waals surface area contributed by atoms with Gasteiger partial charge in [-0.3, -0.25) is 0 Å². The molecule has 106 valence electrons. The van der Waals surface area contributed by atoms with Gasteiger partial charge in [0, 0.05) is 19.3 Å². The fraction of sp³-hybridized carbons (Fsp3) is 0.353. The molecule has 20 heavy (non-hydrogen) atoms. The number of hydrogen-bond donors (Lipinski definition) is 1. The fourth-order valence-electron chi connectivity index (χ4n) is 2.47. The number of anilines is 1. The van der Waals surface area contributed by atoms with Crippen LogP contribution in [0.15, 0.2) is 42.6 Å². The second kappa shape index (κ2) is 6.53. The quantitative estimate of drug-likeness (QED) is 0.905. The number of rotatable bonds is 5. The van der Waals surface area contributed by atoms with Gasteiger partial charge in [0.25, 0.3) is 0 Å². The van der Waals surface area contributed by atoms with Crippen LogP contribution in [0.4, 0.5) is 5.82 Å². The van der Waals surface area contributed by atoms with E-state index in [0.717, 1.165) is 30.0 Å². The third-order valence-electron chi connectivity index (χ3n) is 3.65. The van der Waals surface area contributed by atoms with E-state index in [4.69, 9.17) is 5.73 Å². The standard InChI is InChI=1S/C17H23N3/c1-4-20(5-2)17-13(3)11-15(12-19-17)16(18)14-9-7-6-8-10-14/h6-12,16H,4-5,18H2,1-3H3/t16-/m1/s1. The first-order chi connectivity index (χ1) is 9.67. The van der Waals surface area contributed by atoms with E-state index in [1.165, 1.54) is 5.56 Å². The minimum absolute atomic E-state index is 0.117. The van der Waals surface area contributed by atoms with Crippen LogP contribution in [-0.4, -0.2) is 18.1 Å². The van der Waals surface area contributed by atoms with Crippen molar-refractivity contribution in [3.63, 3.8) is 0 Å². The molecule has 2 N–H and O–H groups in total. The Morgan fingerprint density at radius 1 is 1.10 bits per heavy atom. The van der Waals surface area contributed by atoms with Gasteiger partial charge >= 0.3 is 0 Å². The average molecular weight is 269 g/mol. The maximum atomic E-state index is 6.32. The fourth-order valence-corrected chi connectivity index (χ4v) is 2.47. The Labute approximate surface area is 121 Å². The SMILES string of the molecule is CCN(CC)c1ncc([C@H](N)c2ccccc2)cc1C. The summed E-state index contributed by atoms with van der Waals surface area (Å²) in [5.41, 5.74) is 9.68. The summed E-state index contributed by atoms with van der Waals surface area (Å²) in [6, 6.07) is 12.2. The predicted octanol–water partition coefficient (Wildman–Crippen LogP) is 3.28. The second-order valence-electron chi connectivity index (χ2n) is 4.97. The molecule has 1 heterocycles. The molecule has 0 amide bonds. The van der Waals surface area contributed by atoms with Crippen molar-refractivity contribution in [2.75, 3.05) is 18.0 Å². The summed E-state index contributed by atoms with van der Waals surface area (Å²) in [6.45, 7) is 8.33. The maximum absolute atomic E-state index is 6.32. The molecule has 2 rings (SSSR count). The summed E-state index contributed by atoms with van der Waals surface area (Å²) in [7, 11) is 0. The van der Waals surface area contributed by atoms with Crippen LogP contribution in [0.3, 0.4) is 0 Å². The lowest BCUT2D eigenvalue weighted by Crippen LogP contribution is -2.24. The molecule has 0 aliphatic rings. The lowest BCUT2D eigenvalue weighted by atomic mass is 10.00. The molecule has 2 aromatic rings. The van der Waals surface area contributed by atoms with Gasteiger partial charge in [-0.2, -0.15) is 0 Å². The van der Waals surface area contributed by atoms with Gasteiger partial charge in [-0.1, -0.05) is 30.3 Å². The van der Waals surface area contributed by atoms with Gasteiger partial charge < -0.3 is 10.6 Å². The van der Waals surface area contributed by atoms with Gasteiger partial charge in [0.1, 0.15) is 5.82 Å². The minimum Gasteiger partial charge on any atom is -0.357 e. The number of hydrogen-bond acceptors (Lipinski definition) is 3. The van der Waals surface area contributed by atoms with Crippen molar-refractivity contribution in [1.82, 2.24) is 4.98 Å². The first-order valence-electron chi connectivity index (χ1n) is 7.19. The summed E-state index contributed by atoms with van der Waals surface area (Å²) in [4.78, 5) is 6.87. The lowest BCUT2D eigenvalue weighted by molar-refractivity contribution is 0.823. The first kappa shape index (κ1) is 14.5. The van der Waals surface area contributed by atoms with E-state index in [-0.39, 0.29) is 6.04 Å². The molecule has 1 atom stereocenters. The summed E-state index contributed by atoms with van der Waals surface area (Å²) in [6.07, 6.45) is 1.90. The number of pyridine rings is 1. The zero-order valence-electron chi connectivity index (χ0n) is 12.5. The predicted molar refractivity (Wildman–Crippen MR) is 85.0 cm³/mol. The minimum atomic E-state index is -0.117. The zero-order valence-corrected chi connectivity index (χ0v) is 12.5. The van der Waals surface area contributed by atoms with Crippen molar-refractivity contribution in [3.8, 4) is 0 Å². The monoisotopic (exact) mass is 269 g/mol. The Morgan fingerprint density at radius 3 is 2.30 bits per heavy atom. The molecule has 0 radical (unpaired) electrons. The third kappa shape index (κ3) is 2.99. The van der Waals surface area contributed by atoms with Crippen molar-refractivity contribution in [3.05, 3.63) is 59.3 Å². The van der Waals surface area contributed by atoms with E-state index in [1.807, 2.05) is 24.4 Å².